The number of pyridine rings is 1. The van der Waals surface area contributed by atoms with Crippen LogP contribution in [0.5, 0.6) is 5.88 Å². The summed E-state index contributed by atoms with van der Waals surface area (Å²) in [5.41, 5.74) is -0.654. The van der Waals surface area contributed by atoms with Gasteiger partial charge in [0.1, 0.15) is 0 Å². The van der Waals surface area contributed by atoms with Gasteiger partial charge in [-0.05, 0) is 11.8 Å². The summed E-state index contributed by atoms with van der Waals surface area (Å²) < 4.78 is 0. The minimum atomic E-state index is -0.533. The Balaban J connectivity index is 2.69. The molecule has 0 radical (unpaired) electrons. The van der Waals surface area contributed by atoms with Crippen LogP contribution in [-0.4, -0.2) is 34.3 Å². The molecule has 100 valence electrons. The van der Waals surface area contributed by atoms with E-state index in [1.165, 1.54) is 6.07 Å². The van der Waals surface area contributed by atoms with E-state index in [1.807, 2.05) is 13.8 Å². The molecule has 0 aliphatic rings. The van der Waals surface area contributed by atoms with Gasteiger partial charge < -0.3 is 15.5 Å². The highest BCUT2D eigenvalue weighted by Crippen LogP contribution is 2.18. The maximum Gasteiger partial charge on any atom is 0.251 e. The number of carbonyl (C=O) groups is 1. The van der Waals surface area contributed by atoms with Gasteiger partial charge in [-0.3, -0.25) is 14.6 Å². The molecule has 18 heavy (non-hydrogen) atoms. The van der Waals surface area contributed by atoms with Crippen molar-refractivity contribution in [3.8, 4) is 5.88 Å². The number of nitrogens with one attached hydrogen (secondary N) is 2. The highest BCUT2D eigenvalue weighted by atomic mass is 16.3. The van der Waals surface area contributed by atoms with Crippen molar-refractivity contribution in [2.45, 2.75) is 20.3 Å². The van der Waals surface area contributed by atoms with Gasteiger partial charge in [-0.2, -0.15) is 0 Å². The third kappa shape index (κ3) is 4.21. The molecule has 0 saturated carbocycles. The smallest absolute Gasteiger partial charge is 0.251 e. The van der Waals surface area contributed by atoms with E-state index in [4.69, 9.17) is 5.11 Å². The average Bonchev–Trinajstić information content (AvgIpc) is 2.24. The van der Waals surface area contributed by atoms with E-state index in [2.05, 4.69) is 10.3 Å². The van der Waals surface area contributed by atoms with Crippen LogP contribution in [0.2, 0.25) is 0 Å². The van der Waals surface area contributed by atoms with Crippen molar-refractivity contribution in [1.82, 2.24) is 10.3 Å². The van der Waals surface area contributed by atoms with Crippen LogP contribution in [0.1, 0.15) is 30.6 Å². The Morgan fingerprint density at radius 3 is 2.67 bits per heavy atom. The van der Waals surface area contributed by atoms with E-state index in [1.54, 1.807) is 0 Å². The highest BCUT2D eigenvalue weighted by Gasteiger charge is 2.18. The highest BCUT2D eigenvalue weighted by molar-refractivity contribution is 5.94. The van der Waals surface area contributed by atoms with Gasteiger partial charge in [0.15, 0.2) is 5.88 Å². The summed E-state index contributed by atoms with van der Waals surface area (Å²) in [7, 11) is 0. The fourth-order valence-electron chi connectivity index (χ4n) is 1.47. The molecule has 0 unspecified atom stereocenters. The van der Waals surface area contributed by atoms with Crippen molar-refractivity contribution in [2.75, 3.05) is 13.2 Å². The maximum absolute atomic E-state index is 11.8. The number of amides is 1. The second kappa shape index (κ2) is 5.68. The molecule has 0 saturated heterocycles. The molecular weight excluding hydrogens is 236 g/mol. The first-order chi connectivity index (χ1) is 8.34. The predicted molar refractivity (Wildman–Crippen MR) is 66.5 cm³/mol. The first-order valence-corrected chi connectivity index (χ1v) is 5.66. The van der Waals surface area contributed by atoms with Gasteiger partial charge in [0, 0.05) is 25.3 Å². The second-order valence-electron chi connectivity index (χ2n) is 4.94. The summed E-state index contributed by atoms with van der Waals surface area (Å²) in [5.74, 6) is -0.773. The van der Waals surface area contributed by atoms with Gasteiger partial charge >= 0.3 is 0 Å². The fraction of sp³-hybridized carbons (Fsp3) is 0.500. The van der Waals surface area contributed by atoms with Crippen molar-refractivity contribution in [2.24, 2.45) is 5.41 Å². The van der Waals surface area contributed by atoms with Gasteiger partial charge in [-0.15, -0.1) is 0 Å². The molecule has 1 heterocycles. The SMILES string of the molecule is CC(C)(CCO)CNC(=O)c1cc(O)[nH]c(=O)c1. The molecule has 0 aliphatic heterocycles. The molecule has 0 bridgehead atoms. The van der Waals surface area contributed by atoms with Crippen LogP contribution in [0.4, 0.5) is 0 Å². The van der Waals surface area contributed by atoms with E-state index in [0.29, 0.717) is 13.0 Å². The molecule has 0 fully saturated rings. The molecule has 1 aromatic heterocycles. The number of carbonyl (C=O) groups excluding carboxylic acids is 1. The van der Waals surface area contributed by atoms with Gasteiger partial charge in [0.25, 0.3) is 11.5 Å². The number of aliphatic hydroxyl groups is 1. The number of H-pyrrole nitrogens is 1. The Morgan fingerprint density at radius 2 is 2.11 bits per heavy atom. The quantitative estimate of drug-likeness (QED) is 0.603. The number of hydrogen-bond acceptors (Lipinski definition) is 4. The topological polar surface area (TPSA) is 102 Å². The van der Waals surface area contributed by atoms with E-state index in [9.17, 15) is 14.7 Å². The molecular formula is C12H18N2O4. The Morgan fingerprint density at radius 1 is 1.44 bits per heavy atom. The molecule has 0 aromatic carbocycles. The molecule has 4 N–H and O–H groups in total. The van der Waals surface area contributed by atoms with Crippen LogP contribution in [0.3, 0.4) is 0 Å². The lowest BCUT2D eigenvalue weighted by Gasteiger charge is -2.23. The molecule has 0 atom stereocenters. The molecule has 1 aromatic rings. The van der Waals surface area contributed by atoms with Gasteiger partial charge in [0.05, 0.1) is 5.56 Å². The average molecular weight is 254 g/mol. The molecule has 1 amide bonds. The molecule has 1 rings (SSSR count). The van der Waals surface area contributed by atoms with Crippen molar-refractivity contribution < 1.29 is 15.0 Å². The largest absolute Gasteiger partial charge is 0.494 e. The normalized spacial score (nSPS) is 11.3. The number of aromatic hydroxyl groups is 1. The molecule has 6 heteroatoms. The van der Waals surface area contributed by atoms with Crippen LogP contribution in [-0.2, 0) is 0 Å². The first-order valence-electron chi connectivity index (χ1n) is 5.66. The van der Waals surface area contributed by atoms with Gasteiger partial charge in [-0.1, -0.05) is 13.8 Å². The summed E-state index contributed by atoms with van der Waals surface area (Å²) in [6.07, 6.45) is 0.563. The minimum Gasteiger partial charge on any atom is -0.494 e. The van der Waals surface area contributed by atoms with Crippen molar-refractivity contribution in [3.05, 3.63) is 28.0 Å². The lowest BCUT2D eigenvalue weighted by molar-refractivity contribution is 0.0927. The second-order valence-corrected chi connectivity index (χ2v) is 4.94. The molecule has 0 spiro atoms. The van der Waals surface area contributed by atoms with Crippen molar-refractivity contribution >= 4 is 5.91 Å². The van der Waals surface area contributed by atoms with Crippen LogP contribution in [0, 0.1) is 5.41 Å². The summed E-state index contributed by atoms with van der Waals surface area (Å²) in [6, 6.07) is 2.31. The number of hydrogen-bond donors (Lipinski definition) is 4. The third-order valence-corrected chi connectivity index (χ3v) is 2.61. The van der Waals surface area contributed by atoms with E-state index >= 15 is 0 Å². The van der Waals surface area contributed by atoms with Gasteiger partial charge in [-0.25, -0.2) is 0 Å². The number of rotatable bonds is 5. The standard InChI is InChI=1S/C12H18N2O4/c1-12(2,3-4-15)7-13-11(18)8-5-9(16)14-10(17)6-8/h5-6,15H,3-4,7H2,1-2H3,(H,13,18)(H2,14,16,17). The monoisotopic (exact) mass is 254 g/mol. The summed E-state index contributed by atoms with van der Waals surface area (Å²) in [5, 5.41) is 20.7. The Kier molecular flexibility index (Phi) is 4.49. The number of aromatic amines is 1. The Hall–Kier alpha value is -1.82. The lowest BCUT2D eigenvalue weighted by atomic mass is 9.89. The van der Waals surface area contributed by atoms with Crippen LogP contribution in [0.15, 0.2) is 16.9 Å². The zero-order chi connectivity index (χ0) is 13.8. The minimum absolute atomic E-state index is 0.0503. The van der Waals surface area contributed by atoms with E-state index in [-0.39, 0.29) is 23.5 Å². The number of aromatic nitrogens is 1. The third-order valence-electron chi connectivity index (χ3n) is 2.61. The zero-order valence-electron chi connectivity index (χ0n) is 10.5. The van der Waals surface area contributed by atoms with E-state index in [0.717, 1.165) is 6.07 Å². The maximum atomic E-state index is 11.8. The Labute approximate surface area is 105 Å². The fourth-order valence-corrected chi connectivity index (χ4v) is 1.47. The molecule has 0 aliphatic carbocycles. The van der Waals surface area contributed by atoms with Crippen molar-refractivity contribution in [3.63, 3.8) is 0 Å². The van der Waals surface area contributed by atoms with Crippen LogP contribution < -0.4 is 10.9 Å². The van der Waals surface area contributed by atoms with Gasteiger partial charge in [0.2, 0.25) is 0 Å². The summed E-state index contributed by atoms with van der Waals surface area (Å²) in [6.45, 7) is 4.26. The zero-order valence-corrected chi connectivity index (χ0v) is 10.5. The van der Waals surface area contributed by atoms with Crippen LogP contribution in [0.25, 0.3) is 0 Å². The molecule has 6 nitrogen and oxygen atoms in total. The van der Waals surface area contributed by atoms with Crippen LogP contribution >= 0.6 is 0 Å². The number of aliphatic hydroxyl groups excluding tert-OH is 1. The predicted octanol–water partition coefficient (Wildman–Crippen LogP) is 0.219. The first kappa shape index (κ1) is 14.2. The summed E-state index contributed by atoms with van der Waals surface area (Å²) >= 11 is 0. The van der Waals surface area contributed by atoms with Crippen molar-refractivity contribution in [1.29, 1.82) is 0 Å². The van der Waals surface area contributed by atoms with E-state index < -0.39 is 11.5 Å². The summed E-state index contributed by atoms with van der Waals surface area (Å²) in [4.78, 5) is 25.0. The lowest BCUT2D eigenvalue weighted by Crippen LogP contribution is -2.34. The Bertz CT molecular complexity index is 479.